The predicted molar refractivity (Wildman–Crippen MR) is 70.4 cm³/mol. The van der Waals surface area contributed by atoms with Gasteiger partial charge < -0.3 is 15.2 Å². The Labute approximate surface area is 108 Å². The van der Waals surface area contributed by atoms with E-state index in [1.54, 1.807) is 13.2 Å². The lowest BCUT2D eigenvalue weighted by Gasteiger charge is -2.25. The molecule has 4 nitrogen and oxygen atoms in total. The summed E-state index contributed by atoms with van der Waals surface area (Å²) in [4.78, 5) is 12.2. The molecule has 0 aliphatic heterocycles. The number of nitrogens with one attached hydrogen (secondary N) is 1. The first-order valence-corrected chi connectivity index (χ1v) is 6.00. The molecule has 0 saturated heterocycles. The highest BCUT2D eigenvalue weighted by molar-refractivity contribution is 5.96. The molecule has 100 valence electrons. The number of benzene rings is 1. The summed E-state index contributed by atoms with van der Waals surface area (Å²) < 4.78 is 5.08. The molecule has 0 aromatic heterocycles. The number of ether oxygens (including phenoxy) is 1. The van der Waals surface area contributed by atoms with Crippen molar-refractivity contribution in [3.8, 4) is 0 Å². The van der Waals surface area contributed by atoms with Crippen LogP contribution in [0.15, 0.2) is 24.3 Å². The van der Waals surface area contributed by atoms with Crippen LogP contribution in [0.25, 0.3) is 0 Å². The van der Waals surface area contributed by atoms with E-state index in [-0.39, 0.29) is 12.5 Å². The number of aliphatic hydroxyl groups excluding tert-OH is 1. The van der Waals surface area contributed by atoms with Crippen LogP contribution in [0.4, 0.5) is 0 Å². The van der Waals surface area contributed by atoms with Gasteiger partial charge in [0.05, 0.1) is 6.61 Å². The first-order valence-electron chi connectivity index (χ1n) is 6.00. The molecule has 0 fully saturated rings. The molecule has 1 rings (SSSR count). The average Bonchev–Trinajstić information content (AvgIpc) is 2.29. The van der Waals surface area contributed by atoms with E-state index in [0.29, 0.717) is 18.6 Å². The van der Waals surface area contributed by atoms with Gasteiger partial charge in [0.1, 0.15) is 0 Å². The quantitative estimate of drug-likeness (QED) is 0.809. The minimum absolute atomic E-state index is 0.0486. The summed E-state index contributed by atoms with van der Waals surface area (Å²) >= 11 is 0. The Hall–Kier alpha value is -1.39. The van der Waals surface area contributed by atoms with Gasteiger partial charge in [0.25, 0.3) is 5.91 Å². The molecule has 0 saturated carbocycles. The maximum Gasteiger partial charge on any atom is 0.252 e. The third kappa shape index (κ3) is 4.13. The molecular weight excluding hydrogens is 230 g/mol. The van der Waals surface area contributed by atoms with Gasteiger partial charge in [-0.15, -0.1) is 0 Å². The molecule has 0 radical (unpaired) electrons. The smallest absolute Gasteiger partial charge is 0.252 e. The summed E-state index contributed by atoms with van der Waals surface area (Å²) in [6, 6.07) is 7.35. The Morgan fingerprint density at radius 2 is 2.06 bits per heavy atom. The summed E-state index contributed by atoms with van der Waals surface area (Å²) in [5.41, 5.74) is 1.05. The molecule has 1 amide bonds. The Morgan fingerprint density at radius 1 is 1.39 bits per heavy atom. The summed E-state index contributed by atoms with van der Waals surface area (Å²) in [7, 11) is 1.60. The molecule has 2 N–H and O–H groups in total. The van der Waals surface area contributed by atoms with Crippen molar-refractivity contribution in [3.63, 3.8) is 0 Å². The lowest BCUT2D eigenvalue weighted by molar-refractivity contribution is 0.0894. The second kappa shape index (κ2) is 6.52. The third-order valence-corrected chi connectivity index (χ3v) is 2.75. The SMILES string of the molecule is COCc1ccccc1C(=O)NC(C)(C)CCO. The van der Waals surface area contributed by atoms with E-state index in [0.717, 1.165) is 5.56 Å². The number of carbonyl (C=O) groups excluding carboxylic acids is 1. The normalized spacial score (nSPS) is 11.3. The van der Waals surface area contributed by atoms with Gasteiger partial charge in [-0.05, 0) is 31.9 Å². The Morgan fingerprint density at radius 3 is 2.67 bits per heavy atom. The van der Waals surface area contributed by atoms with Crippen LogP contribution in [0.2, 0.25) is 0 Å². The lowest BCUT2D eigenvalue weighted by Crippen LogP contribution is -2.44. The zero-order chi connectivity index (χ0) is 13.6. The minimum atomic E-state index is -0.425. The maximum absolute atomic E-state index is 12.2. The molecule has 0 spiro atoms. The van der Waals surface area contributed by atoms with Crippen LogP contribution in [-0.2, 0) is 11.3 Å². The van der Waals surface area contributed by atoms with Crippen LogP contribution in [0.3, 0.4) is 0 Å². The fraction of sp³-hybridized carbons (Fsp3) is 0.500. The Balaban J connectivity index is 2.84. The van der Waals surface area contributed by atoms with Crippen molar-refractivity contribution >= 4 is 5.91 Å². The van der Waals surface area contributed by atoms with Crippen molar-refractivity contribution in [2.45, 2.75) is 32.4 Å². The van der Waals surface area contributed by atoms with Crippen molar-refractivity contribution in [2.24, 2.45) is 0 Å². The highest BCUT2D eigenvalue weighted by Gasteiger charge is 2.21. The zero-order valence-corrected chi connectivity index (χ0v) is 11.2. The maximum atomic E-state index is 12.2. The summed E-state index contributed by atoms with van der Waals surface area (Å²) in [5, 5.41) is 11.9. The van der Waals surface area contributed by atoms with E-state index < -0.39 is 5.54 Å². The van der Waals surface area contributed by atoms with Crippen LogP contribution in [0.1, 0.15) is 36.2 Å². The molecule has 18 heavy (non-hydrogen) atoms. The fourth-order valence-corrected chi connectivity index (χ4v) is 1.74. The highest BCUT2D eigenvalue weighted by atomic mass is 16.5. The molecule has 0 atom stereocenters. The Bertz CT molecular complexity index is 402. The molecule has 1 aromatic carbocycles. The predicted octanol–water partition coefficient (Wildman–Crippen LogP) is 1.72. The van der Waals surface area contributed by atoms with Gasteiger partial charge in [-0.1, -0.05) is 18.2 Å². The van der Waals surface area contributed by atoms with Crippen molar-refractivity contribution < 1.29 is 14.6 Å². The number of aliphatic hydroxyl groups is 1. The van der Waals surface area contributed by atoms with Gasteiger partial charge in [0.15, 0.2) is 0 Å². The number of hydrogen-bond acceptors (Lipinski definition) is 3. The largest absolute Gasteiger partial charge is 0.396 e. The van der Waals surface area contributed by atoms with Gasteiger partial charge in [-0.3, -0.25) is 4.79 Å². The molecule has 0 bridgehead atoms. The van der Waals surface area contributed by atoms with E-state index in [2.05, 4.69) is 5.32 Å². The van der Waals surface area contributed by atoms with Gasteiger partial charge in [-0.2, -0.15) is 0 Å². The molecule has 4 heteroatoms. The van der Waals surface area contributed by atoms with Crippen LogP contribution in [-0.4, -0.2) is 30.3 Å². The van der Waals surface area contributed by atoms with Crippen molar-refractivity contribution in [1.82, 2.24) is 5.32 Å². The van der Waals surface area contributed by atoms with E-state index in [1.807, 2.05) is 32.0 Å². The third-order valence-electron chi connectivity index (χ3n) is 2.75. The minimum Gasteiger partial charge on any atom is -0.396 e. The fourth-order valence-electron chi connectivity index (χ4n) is 1.74. The van der Waals surface area contributed by atoms with E-state index >= 15 is 0 Å². The number of carbonyl (C=O) groups is 1. The van der Waals surface area contributed by atoms with Crippen molar-refractivity contribution in [2.75, 3.05) is 13.7 Å². The summed E-state index contributed by atoms with van der Waals surface area (Å²) in [6.45, 7) is 4.23. The standard InChI is InChI=1S/C14H21NO3/c1-14(2,8-9-16)15-13(17)12-7-5-4-6-11(12)10-18-3/h4-7,16H,8-10H2,1-3H3,(H,15,17). The topological polar surface area (TPSA) is 58.6 Å². The van der Waals surface area contributed by atoms with Crippen molar-refractivity contribution in [1.29, 1.82) is 0 Å². The van der Waals surface area contributed by atoms with Gasteiger partial charge >= 0.3 is 0 Å². The molecule has 0 unspecified atom stereocenters. The van der Waals surface area contributed by atoms with Gasteiger partial charge in [0, 0.05) is 24.8 Å². The van der Waals surface area contributed by atoms with E-state index in [1.165, 1.54) is 0 Å². The van der Waals surface area contributed by atoms with E-state index in [4.69, 9.17) is 9.84 Å². The number of rotatable bonds is 6. The first-order chi connectivity index (χ1) is 8.50. The Kier molecular flexibility index (Phi) is 5.31. The second-order valence-electron chi connectivity index (χ2n) is 4.90. The summed E-state index contributed by atoms with van der Waals surface area (Å²) in [5.74, 6) is -0.138. The average molecular weight is 251 g/mol. The van der Waals surface area contributed by atoms with Crippen molar-refractivity contribution in [3.05, 3.63) is 35.4 Å². The monoisotopic (exact) mass is 251 g/mol. The number of methoxy groups -OCH3 is 1. The molecular formula is C14H21NO3. The van der Waals surface area contributed by atoms with Crippen LogP contribution in [0, 0.1) is 0 Å². The van der Waals surface area contributed by atoms with Crippen LogP contribution in [0.5, 0.6) is 0 Å². The van der Waals surface area contributed by atoms with Gasteiger partial charge in [-0.25, -0.2) is 0 Å². The first kappa shape index (κ1) is 14.7. The number of amides is 1. The molecule has 0 heterocycles. The molecule has 0 aliphatic rings. The second-order valence-corrected chi connectivity index (χ2v) is 4.90. The van der Waals surface area contributed by atoms with Gasteiger partial charge in [0.2, 0.25) is 0 Å². The highest BCUT2D eigenvalue weighted by Crippen LogP contribution is 2.13. The van der Waals surface area contributed by atoms with E-state index in [9.17, 15) is 4.79 Å². The molecule has 1 aromatic rings. The zero-order valence-electron chi connectivity index (χ0n) is 11.2. The van der Waals surface area contributed by atoms with Crippen LogP contribution < -0.4 is 5.32 Å². The molecule has 0 aliphatic carbocycles. The number of hydrogen-bond donors (Lipinski definition) is 2. The van der Waals surface area contributed by atoms with Crippen LogP contribution >= 0.6 is 0 Å². The summed E-state index contributed by atoms with van der Waals surface area (Å²) in [6.07, 6.45) is 0.519. The lowest BCUT2D eigenvalue weighted by atomic mass is 9.99.